The molecule has 2 N–H and O–H groups in total. The van der Waals surface area contributed by atoms with E-state index in [4.69, 9.17) is 0 Å². The number of hydrogen-bond donors (Lipinski definition) is 2. The van der Waals surface area contributed by atoms with Crippen LogP contribution in [0.15, 0.2) is 99.6 Å². The van der Waals surface area contributed by atoms with Gasteiger partial charge in [0.15, 0.2) is 0 Å². The van der Waals surface area contributed by atoms with Gasteiger partial charge in [0.05, 0.1) is 16.1 Å². The highest BCUT2D eigenvalue weighted by Crippen LogP contribution is 2.45. The number of benzene rings is 1. The molecule has 2 heterocycles. The second-order valence-electron chi connectivity index (χ2n) is 11.1. The number of likely N-dealkylation sites (N-methyl/N-ethyl adjacent to an activating group) is 1. The van der Waals surface area contributed by atoms with Gasteiger partial charge in [-0.3, -0.25) is 14.7 Å². The zero-order valence-electron chi connectivity index (χ0n) is 25.1. The van der Waals surface area contributed by atoms with Gasteiger partial charge in [-0.1, -0.05) is 55.8 Å². The molecule has 42 heavy (non-hydrogen) atoms. The lowest BCUT2D eigenvalue weighted by Gasteiger charge is -2.29. The second kappa shape index (κ2) is 13.9. The molecule has 1 saturated heterocycles. The largest absolute Gasteiger partial charge is 0.385 e. The van der Waals surface area contributed by atoms with E-state index < -0.39 is 5.60 Å². The molecule has 2 aliphatic heterocycles. The van der Waals surface area contributed by atoms with Crippen molar-refractivity contribution in [1.82, 2.24) is 10.2 Å². The summed E-state index contributed by atoms with van der Waals surface area (Å²) in [6, 6.07) is 4.28. The zero-order valence-corrected chi connectivity index (χ0v) is 26.8. The quantitative estimate of drug-likeness (QED) is 0.132. The maximum Gasteiger partial charge on any atom is 0.252 e. The van der Waals surface area contributed by atoms with Gasteiger partial charge in [0.25, 0.3) is 5.91 Å². The minimum atomic E-state index is -1.02. The van der Waals surface area contributed by atoms with E-state index in [2.05, 4.69) is 71.0 Å². The van der Waals surface area contributed by atoms with Crippen molar-refractivity contribution in [2.24, 2.45) is 4.99 Å². The van der Waals surface area contributed by atoms with Crippen LogP contribution in [0.3, 0.4) is 0 Å². The highest BCUT2D eigenvalue weighted by molar-refractivity contribution is 8.03. The summed E-state index contributed by atoms with van der Waals surface area (Å²) < 4.78 is 0. The van der Waals surface area contributed by atoms with Gasteiger partial charge < -0.3 is 10.4 Å². The van der Waals surface area contributed by atoms with Gasteiger partial charge in [-0.25, -0.2) is 0 Å². The van der Waals surface area contributed by atoms with Gasteiger partial charge in [0, 0.05) is 60.4 Å². The van der Waals surface area contributed by atoms with Crippen molar-refractivity contribution in [3.63, 3.8) is 0 Å². The van der Waals surface area contributed by atoms with Gasteiger partial charge in [-0.15, -0.1) is 5.73 Å². The average molecular weight is 600 g/mol. The molecule has 1 aliphatic carbocycles. The summed E-state index contributed by atoms with van der Waals surface area (Å²) in [5.41, 5.74) is 9.50. The van der Waals surface area contributed by atoms with Crippen LogP contribution in [0.25, 0.3) is 11.6 Å². The van der Waals surface area contributed by atoms with Crippen LogP contribution in [-0.4, -0.2) is 64.9 Å². The number of carbonyl (C=O) groups is 1. The molecular formula is C35H41N3O2S2. The Morgan fingerprint density at radius 2 is 2.02 bits per heavy atom. The molecule has 4 rings (SSSR count). The first-order chi connectivity index (χ1) is 20.0. The first-order valence-electron chi connectivity index (χ1n) is 14.3. The van der Waals surface area contributed by atoms with E-state index >= 15 is 0 Å². The maximum absolute atomic E-state index is 12.6. The lowest BCUT2D eigenvalue weighted by atomic mass is 9.83. The van der Waals surface area contributed by atoms with E-state index in [9.17, 15) is 9.90 Å². The number of hydrogen-bond acceptors (Lipinski definition) is 6. The molecular weight excluding hydrogens is 559 g/mol. The summed E-state index contributed by atoms with van der Waals surface area (Å²) in [6.45, 7) is 23.4. The molecule has 1 atom stereocenters. The van der Waals surface area contributed by atoms with Crippen molar-refractivity contribution in [1.29, 1.82) is 0 Å². The molecule has 3 aliphatic rings. The van der Waals surface area contributed by atoms with Crippen LogP contribution in [0.2, 0.25) is 0 Å². The molecule has 0 radical (unpaired) electrons. The predicted octanol–water partition coefficient (Wildman–Crippen LogP) is 6.92. The molecule has 0 spiro atoms. The lowest BCUT2D eigenvalue weighted by Crippen LogP contribution is -2.34. The smallest absolute Gasteiger partial charge is 0.252 e. The number of fused-ring (bicyclic) bond motifs is 1. The van der Waals surface area contributed by atoms with Crippen molar-refractivity contribution in [3.05, 3.63) is 106 Å². The number of nitrogens with zero attached hydrogens (tertiary/aromatic N) is 2. The monoisotopic (exact) mass is 599 g/mol. The zero-order chi connectivity index (χ0) is 30.4. The Morgan fingerprint density at radius 3 is 2.69 bits per heavy atom. The first-order valence-corrected chi connectivity index (χ1v) is 16.3. The van der Waals surface area contributed by atoms with E-state index in [1.54, 1.807) is 26.1 Å². The Kier molecular flexibility index (Phi) is 10.6. The van der Waals surface area contributed by atoms with Gasteiger partial charge in [-0.05, 0) is 79.3 Å². The van der Waals surface area contributed by atoms with Crippen LogP contribution in [0.1, 0.15) is 50.3 Å². The Labute approximate surface area is 259 Å². The lowest BCUT2D eigenvalue weighted by molar-refractivity contribution is -0.117. The van der Waals surface area contributed by atoms with Crippen LogP contribution in [0.5, 0.6) is 0 Å². The van der Waals surface area contributed by atoms with Crippen LogP contribution in [0, 0.1) is 0 Å². The van der Waals surface area contributed by atoms with Crippen LogP contribution in [-0.2, 0) is 4.79 Å². The molecule has 1 aromatic carbocycles. The van der Waals surface area contributed by atoms with Crippen molar-refractivity contribution < 1.29 is 9.90 Å². The molecule has 1 fully saturated rings. The van der Waals surface area contributed by atoms with E-state index in [0.717, 1.165) is 52.4 Å². The SMILES string of the molecule is C=CC(=CN=C(C)C(C)(C)O)c1cc2c(c(C3C=C(CN4CCSCC4)C=CC3=C)c1)SC(C(=C)C(=O)NCC)=C=C2. The summed E-state index contributed by atoms with van der Waals surface area (Å²) >= 11 is 3.54. The fraction of sp³-hybridized carbons (Fsp3) is 0.343. The van der Waals surface area contributed by atoms with Crippen molar-refractivity contribution in [3.8, 4) is 0 Å². The summed E-state index contributed by atoms with van der Waals surface area (Å²) in [5, 5.41) is 13.2. The van der Waals surface area contributed by atoms with Crippen LogP contribution in [0.4, 0.5) is 0 Å². The highest BCUT2D eigenvalue weighted by Gasteiger charge is 2.26. The molecule has 1 unspecified atom stereocenters. The van der Waals surface area contributed by atoms with Gasteiger partial charge >= 0.3 is 0 Å². The summed E-state index contributed by atoms with van der Waals surface area (Å²) in [4.78, 5) is 21.5. The predicted molar refractivity (Wildman–Crippen MR) is 182 cm³/mol. The Morgan fingerprint density at radius 1 is 1.29 bits per heavy atom. The number of amides is 1. The molecule has 7 heteroatoms. The number of carbonyl (C=O) groups excluding carboxylic acids is 1. The topological polar surface area (TPSA) is 64.9 Å². The fourth-order valence-electron chi connectivity index (χ4n) is 4.77. The minimum absolute atomic E-state index is 0.0384. The molecule has 1 amide bonds. The number of rotatable bonds is 10. The van der Waals surface area contributed by atoms with Crippen molar-refractivity contribution >= 4 is 46.8 Å². The van der Waals surface area contributed by atoms with E-state index in [-0.39, 0.29) is 11.8 Å². The molecule has 0 aromatic heterocycles. The number of nitrogens with one attached hydrogen (secondary N) is 1. The third-order valence-electron chi connectivity index (χ3n) is 7.57. The van der Waals surface area contributed by atoms with Crippen molar-refractivity contribution in [2.45, 2.75) is 44.1 Å². The standard InChI is InChI=1S/C35H41N3O2S2/c1-8-27(21-37-25(5)35(6,7)40)29-19-28-12-13-32(24(4)34(39)36-9-2)42-33(28)31(20-29)30-18-26(11-10-23(30)3)22-38-14-16-41-17-15-38/h8,10-12,18-21,30,40H,1,3-4,9,14-17,22H2,2,5-7H3,(H,36,39). The van der Waals surface area contributed by atoms with Crippen LogP contribution < -0.4 is 5.32 Å². The number of thioether (sulfide) groups is 2. The van der Waals surface area contributed by atoms with E-state index in [1.807, 2.05) is 31.7 Å². The number of allylic oxidation sites excluding steroid dienone is 5. The minimum Gasteiger partial charge on any atom is -0.385 e. The van der Waals surface area contributed by atoms with Crippen molar-refractivity contribution in [2.75, 3.05) is 37.7 Å². The summed E-state index contributed by atoms with van der Waals surface area (Å²) in [7, 11) is 0. The third kappa shape index (κ3) is 7.66. The second-order valence-corrected chi connectivity index (χ2v) is 13.4. The molecule has 220 valence electrons. The Balaban J connectivity index is 1.81. The Bertz CT molecular complexity index is 1470. The fourth-order valence-corrected chi connectivity index (χ4v) is 6.82. The Hall–Kier alpha value is -3.06. The molecule has 5 nitrogen and oxygen atoms in total. The van der Waals surface area contributed by atoms with Gasteiger partial charge in [0.2, 0.25) is 0 Å². The first kappa shape index (κ1) is 31.9. The van der Waals surface area contributed by atoms with Crippen LogP contribution >= 0.6 is 23.5 Å². The number of aliphatic hydroxyl groups is 1. The summed E-state index contributed by atoms with van der Waals surface area (Å²) in [6.07, 6.45) is 12.1. The number of aliphatic imine (C=N–C) groups is 1. The highest BCUT2D eigenvalue weighted by atomic mass is 32.2. The third-order valence-corrected chi connectivity index (χ3v) is 9.75. The van der Waals surface area contributed by atoms with E-state index in [1.165, 1.54) is 28.8 Å². The normalized spacial score (nSPS) is 19.6. The molecule has 0 saturated carbocycles. The molecule has 1 aromatic rings. The van der Waals surface area contributed by atoms with Gasteiger partial charge in [0.1, 0.15) is 0 Å². The molecule has 0 bridgehead atoms. The maximum atomic E-state index is 12.6. The summed E-state index contributed by atoms with van der Waals surface area (Å²) in [5.74, 6) is 2.11. The average Bonchev–Trinajstić information content (AvgIpc) is 2.97. The van der Waals surface area contributed by atoms with Gasteiger partial charge in [-0.2, -0.15) is 11.8 Å². The van der Waals surface area contributed by atoms with E-state index in [0.29, 0.717) is 22.7 Å².